The molecular formula is C14H28N2S. The Bertz CT molecular complexity index is 222. The lowest BCUT2D eigenvalue weighted by Gasteiger charge is -2.27. The molecule has 0 saturated heterocycles. The average Bonchev–Trinajstić information content (AvgIpc) is 3.00. The lowest BCUT2D eigenvalue weighted by Crippen LogP contribution is -2.42. The largest absolute Gasteiger partial charge is 0.360 e. The van der Waals surface area contributed by atoms with Gasteiger partial charge < -0.3 is 10.2 Å². The van der Waals surface area contributed by atoms with Crippen molar-refractivity contribution in [2.45, 2.75) is 59.4 Å². The van der Waals surface area contributed by atoms with Gasteiger partial charge >= 0.3 is 0 Å². The second-order valence-corrected chi connectivity index (χ2v) is 6.46. The van der Waals surface area contributed by atoms with E-state index in [1.54, 1.807) is 0 Å². The van der Waals surface area contributed by atoms with Gasteiger partial charge in [0.05, 0.1) is 0 Å². The van der Waals surface area contributed by atoms with Gasteiger partial charge in [0.15, 0.2) is 5.11 Å². The first kappa shape index (κ1) is 14.7. The first-order valence-corrected chi connectivity index (χ1v) is 7.45. The second kappa shape index (κ2) is 7.20. The zero-order valence-corrected chi connectivity index (χ0v) is 12.6. The minimum atomic E-state index is 0.670. The van der Waals surface area contributed by atoms with Crippen LogP contribution in [0.15, 0.2) is 0 Å². The maximum absolute atomic E-state index is 5.51. The van der Waals surface area contributed by atoms with E-state index in [9.17, 15) is 0 Å². The zero-order valence-electron chi connectivity index (χ0n) is 11.8. The van der Waals surface area contributed by atoms with E-state index in [4.69, 9.17) is 12.2 Å². The van der Waals surface area contributed by atoms with Gasteiger partial charge in [-0.15, -0.1) is 0 Å². The number of nitrogens with one attached hydrogen (secondary N) is 1. The summed E-state index contributed by atoms with van der Waals surface area (Å²) in [5, 5.41) is 4.44. The predicted molar refractivity (Wildman–Crippen MR) is 79.2 cm³/mol. The van der Waals surface area contributed by atoms with Gasteiger partial charge in [-0.3, -0.25) is 0 Å². The van der Waals surface area contributed by atoms with Crippen molar-refractivity contribution in [1.82, 2.24) is 10.2 Å². The van der Waals surface area contributed by atoms with Gasteiger partial charge in [-0.2, -0.15) is 0 Å². The highest BCUT2D eigenvalue weighted by Gasteiger charge is 2.23. The first-order valence-electron chi connectivity index (χ1n) is 7.04. The SMILES string of the molecule is CC(C)CCN(CCC(C)C)C(=S)NC1CC1. The molecule has 0 radical (unpaired) electrons. The van der Waals surface area contributed by atoms with Crippen LogP contribution in [0.1, 0.15) is 53.4 Å². The summed E-state index contributed by atoms with van der Waals surface area (Å²) >= 11 is 5.51. The average molecular weight is 256 g/mol. The highest BCUT2D eigenvalue weighted by atomic mass is 32.1. The lowest BCUT2D eigenvalue weighted by atomic mass is 10.1. The standard InChI is InChI=1S/C14H28N2S/c1-11(2)7-9-16(10-8-12(3)4)14(17)15-13-5-6-13/h11-13H,5-10H2,1-4H3,(H,15,17). The predicted octanol–water partition coefficient (Wildman–Crippen LogP) is 3.42. The molecule has 0 amide bonds. The molecule has 0 unspecified atom stereocenters. The van der Waals surface area contributed by atoms with Crippen molar-refractivity contribution < 1.29 is 0 Å². The van der Waals surface area contributed by atoms with Gasteiger partial charge in [0.25, 0.3) is 0 Å². The molecule has 0 spiro atoms. The molecule has 17 heavy (non-hydrogen) atoms. The third-order valence-electron chi connectivity index (χ3n) is 3.14. The van der Waals surface area contributed by atoms with Crippen molar-refractivity contribution in [2.75, 3.05) is 13.1 Å². The fourth-order valence-electron chi connectivity index (χ4n) is 1.64. The van der Waals surface area contributed by atoms with Crippen LogP contribution in [0.4, 0.5) is 0 Å². The lowest BCUT2D eigenvalue weighted by molar-refractivity contribution is 0.349. The Hall–Kier alpha value is -0.310. The fraction of sp³-hybridized carbons (Fsp3) is 0.929. The Morgan fingerprint density at radius 3 is 1.94 bits per heavy atom. The molecule has 3 heteroatoms. The number of thiocarbonyl (C=S) groups is 1. The van der Waals surface area contributed by atoms with Crippen LogP contribution < -0.4 is 5.32 Å². The summed E-state index contributed by atoms with van der Waals surface area (Å²) in [4.78, 5) is 2.37. The van der Waals surface area contributed by atoms with E-state index in [1.165, 1.54) is 25.7 Å². The van der Waals surface area contributed by atoms with Crippen LogP contribution in [-0.4, -0.2) is 29.1 Å². The minimum Gasteiger partial charge on any atom is -0.360 e. The number of hydrogen-bond acceptors (Lipinski definition) is 1. The molecule has 1 aliphatic rings. The highest BCUT2D eigenvalue weighted by Crippen LogP contribution is 2.19. The third-order valence-corrected chi connectivity index (χ3v) is 3.52. The van der Waals surface area contributed by atoms with E-state index in [-0.39, 0.29) is 0 Å². The van der Waals surface area contributed by atoms with Crippen LogP contribution >= 0.6 is 12.2 Å². The number of hydrogen-bond donors (Lipinski definition) is 1. The van der Waals surface area contributed by atoms with Gasteiger partial charge in [0.1, 0.15) is 0 Å². The Labute approximate surface area is 112 Å². The molecule has 100 valence electrons. The molecule has 0 atom stereocenters. The summed E-state index contributed by atoms with van der Waals surface area (Å²) in [6.45, 7) is 11.3. The van der Waals surface area contributed by atoms with Crippen molar-refractivity contribution in [3.05, 3.63) is 0 Å². The molecule has 0 aromatic heterocycles. The summed E-state index contributed by atoms with van der Waals surface area (Å²) in [5.74, 6) is 1.50. The van der Waals surface area contributed by atoms with Crippen molar-refractivity contribution in [3.63, 3.8) is 0 Å². The summed E-state index contributed by atoms with van der Waals surface area (Å²) < 4.78 is 0. The molecule has 1 saturated carbocycles. The summed E-state index contributed by atoms with van der Waals surface area (Å²) in [5.41, 5.74) is 0. The molecule has 1 N–H and O–H groups in total. The van der Waals surface area contributed by atoms with Crippen LogP contribution in [0.3, 0.4) is 0 Å². The van der Waals surface area contributed by atoms with E-state index in [0.29, 0.717) is 6.04 Å². The normalized spacial score (nSPS) is 15.4. The van der Waals surface area contributed by atoms with Crippen LogP contribution in [0, 0.1) is 11.8 Å². The van der Waals surface area contributed by atoms with E-state index >= 15 is 0 Å². The highest BCUT2D eigenvalue weighted by molar-refractivity contribution is 7.80. The van der Waals surface area contributed by atoms with Gasteiger partial charge in [-0.1, -0.05) is 27.7 Å². The van der Waals surface area contributed by atoms with Crippen LogP contribution in [-0.2, 0) is 0 Å². The van der Waals surface area contributed by atoms with Gasteiger partial charge in [-0.25, -0.2) is 0 Å². The Morgan fingerprint density at radius 1 is 1.12 bits per heavy atom. The van der Waals surface area contributed by atoms with Crippen LogP contribution in [0.25, 0.3) is 0 Å². The monoisotopic (exact) mass is 256 g/mol. The van der Waals surface area contributed by atoms with Crippen molar-refractivity contribution >= 4 is 17.3 Å². The molecule has 1 aliphatic carbocycles. The topological polar surface area (TPSA) is 15.3 Å². The maximum Gasteiger partial charge on any atom is 0.169 e. The zero-order chi connectivity index (χ0) is 12.8. The minimum absolute atomic E-state index is 0.670. The molecular weight excluding hydrogens is 228 g/mol. The van der Waals surface area contributed by atoms with E-state index < -0.39 is 0 Å². The first-order chi connectivity index (χ1) is 7.99. The Kier molecular flexibility index (Phi) is 6.24. The maximum atomic E-state index is 5.51. The Balaban J connectivity index is 2.35. The fourth-order valence-corrected chi connectivity index (χ4v) is 1.99. The van der Waals surface area contributed by atoms with Gasteiger partial charge in [-0.05, 0) is 49.7 Å². The quantitative estimate of drug-likeness (QED) is 0.703. The van der Waals surface area contributed by atoms with Crippen molar-refractivity contribution in [3.8, 4) is 0 Å². The molecule has 0 aromatic carbocycles. The molecule has 1 fully saturated rings. The van der Waals surface area contributed by atoms with Gasteiger partial charge in [0.2, 0.25) is 0 Å². The molecule has 2 nitrogen and oxygen atoms in total. The van der Waals surface area contributed by atoms with E-state index in [1.807, 2.05) is 0 Å². The van der Waals surface area contributed by atoms with E-state index in [2.05, 4.69) is 37.9 Å². The molecule has 0 aromatic rings. The Morgan fingerprint density at radius 2 is 1.59 bits per heavy atom. The number of nitrogens with zero attached hydrogens (tertiary/aromatic N) is 1. The number of rotatable bonds is 7. The molecule has 0 heterocycles. The van der Waals surface area contributed by atoms with Crippen LogP contribution in [0.2, 0.25) is 0 Å². The summed E-state index contributed by atoms with van der Waals surface area (Å²) in [6, 6.07) is 0.670. The third kappa shape index (κ3) is 6.87. The second-order valence-electron chi connectivity index (χ2n) is 6.08. The van der Waals surface area contributed by atoms with Crippen molar-refractivity contribution in [2.24, 2.45) is 11.8 Å². The van der Waals surface area contributed by atoms with Gasteiger partial charge in [0, 0.05) is 19.1 Å². The molecule has 0 aliphatic heterocycles. The molecule has 0 bridgehead atoms. The smallest absolute Gasteiger partial charge is 0.169 e. The van der Waals surface area contributed by atoms with E-state index in [0.717, 1.165) is 30.0 Å². The summed E-state index contributed by atoms with van der Waals surface area (Å²) in [7, 11) is 0. The molecule has 1 rings (SSSR count). The van der Waals surface area contributed by atoms with Crippen molar-refractivity contribution in [1.29, 1.82) is 0 Å². The summed E-state index contributed by atoms with van der Waals surface area (Å²) in [6.07, 6.45) is 5.04. The van der Waals surface area contributed by atoms with Crippen LogP contribution in [0.5, 0.6) is 0 Å².